The van der Waals surface area contributed by atoms with Gasteiger partial charge in [0.15, 0.2) is 0 Å². The Morgan fingerprint density at radius 1 is 0.727 bits per heavy atom. The summed E-state index contributed by atoms with van der Waals surface area (Å²) in [4.78, 5) is 11.7. The molecule has 0 radical (unpaired) electrons. The van der Waals surface area contributed by atoms with Crippen LogP contribution in [0.5, 0.6) is 0 Å². The Morgan fingerprint density at radius 3 is 1.82 bits per heavy atom. The van der Waals surface area contributed by atoms with Crippen molar-refractivity contribution < 1.29 is 14.3 Å². The van der Waals surface area contributed by atoms with Gasteiger partial charge in [0.25, 0.3) is 0 Å². The average molecular weight is 315 g/mol. The van der Waals surface area contributed by atoms with Crippen molar-refractivity contribution in [2.45, 2.75) is 80.1 Å². The molecule has 0 N–H and O–H groups in total. The number of rotatable bonds is 12. The SMILES string of the molecule is CC(C)(C)CCOCCOCCCCCCC(=O)C(C)(C)C. The van der Waals surface area contributed by atoms with E-state index in [0.717, 1.165) is 45.3 Å². The molecule has 0 aliphatic rings. The van der Waals surface area contributed by atoms with E-state index < -0.39 is 0 Å². The molecule has 0 aromatic rings. The molecule has 0 fully saturated rings. The van der Waals surface area contributed by atoms with Gasteiger partial charge in [-0.3, -0.25) is 4.79 Å². The van der Waals surface area contributed by atoms with Crippen LogP contribution in [0.2, 0.25) is 0 Å². The fraction of sp³-hybridized carbons (Fsp3) is 0.947. The topological polar surface area (TPSA) is 35.5 Å². The number of ether oxygens (including phenoxy) is 2. The number of carbonyl (C=O) groups excluding carboxylic acids is 1. The number of Topliss-reactive ketones (excluding diaryl/α,β-unsaturated/α-hetero) is 1. The molecular formula is C19H38O3. The molecular weight excluding hydrogens is 276 g/mol. The monoisotopic (exact) mass is 314 g/mol. The van der Waals surface area contributed by atoms with Gasteiger partial charge in [-0.05, 0) is 24.7 Å². The van der Waals surface area contributed by atoms with Crippen molar-refractivity contribution in [2.75, 3.05) is 26.4 Å². The molecule has 0 heterocycles. The molecule has 0 unspecified atom stereocenters. The van der Waals surface area contributed by atoms with Gasteiger partial charge in [0.1, 0.15) is 5.78 Å². The molecule has 0 aromatic heterocycles. The van der Waals surface area contributed by atoms with E-state index in [1.165, 1.54) is 0 Å². The summed E-state index contributed by atoms with van der Waals surface area (Å²) in [5, 5.41) is 0. The van der Waals surface area contributed by atoms with Crippen molar-refractivity contribution in [2.24, 2.45) is 10.8 Å². The highest BCUT2D eigenvalue weighted by atomic mass is 16.5. The molecule has 3 heteroatoms. The molecule has 0 rings (SSSR count). The Labute approximate surface area is 138 Å². The minimum absolute atomic E-state index is 0.184. The van der Waals surface area contributed by atoms with E-state index in [1.54, 1.807) is 0 Å². The molecule has 0 amide bonds. The number of unbranched alkanes of at least 4 members (excludes halogenated alkanes) is 3. The first kappa shape index (κ1) is 21.6. The van der Waals surface area contributed by atoms with Gasteiger partial charge in [0.2, 0.25) is 0 Å². The van der Waals surface area contributed by atoms with Crippen LogP contribution in [-0.2, 0) is 14.3 Å². The average Bonchev–Trinajstić information content (AvgIpc) is 2.37. The normalized spacial score (nSPS) is 12.6. The maximum atomic E-state index is 11.7. The van der Waals surface area contributed by atoms with Gasteiger partial charge in [-0.25, -0.2) is 0 Å². The fourth-order valence-electron chi connectivity index (χ4n) is 1.92. The molecule has 0 aromatic carbocycles. The smallest absolute Gasteiger partial charge is 0.138 e. The van der Waals surface area contributed by atoms with E-state index >= 15 is 0 Å². The molecule has 0 atom stereocenters. The fourth-order valence-corrected chi connectivity index (χ4v) is 1.92. The summed E-state index contributed by atoms with van der Waals surface area (Å²) in [6.45, 7) is 15.6. The van der Waals surface area contributed by atoms with Gasteiger partial charge in [0.05, 0.1) is 13.2 Å². The van der Waals surface area contributed by atoms with Crippen LogP contribution in [0.25, 0.3) is 0 Å². The zero-order valence-corrected chi connectivity index (χ0v) is 15.8. The second kappa shape index (κ2) is 11.2. The van der Waals surface area contributed by atoms with E-state index in [-0.39, 0.29) is 5.41 Å². The lowest BCUT2D eigenvalue weighted by molar-refractivity contribution is -0.126. The van der Waals surface area contributed by atoms with Crippen LogP contribution in [-0.4, -0.2) is 32.2 Å². The Hall–Kier alpha value is -0.410. The summed E-state index contributed by atoms with van der Waals surface area (Å²) >= 11 is 0. The maximum absolute atomic E-state index is 11.7. The van der Waals surface area contributed by atoms with Gasteiger partial charge >= 0.3 is 0 Å². The van der Waals surface area contributed by atoms with Crippen LogP contribution in [0.3, 0.4) is 0 Å². The molecule has 0 saturated heterocycles. The Morgan fingerprint density at radius 2 is 1.27 bits per heavy atom. The van der Waals surface area contributed by atoms with Gasteiger partial charge in [-0.1, -0.05) is 54.4 Å². The molecule has 0 aliphatic carbocycles. The lowest BCUT2D eigenvalue weighted by atomic mass is 9.88. The third-order valence-electron chi connectivity index (χ3n) is 3.65. The first-order valence-electron chi connectivity index (χ1n) is 8.82. The predicted octanol–water partition coefficient (Wildman–Crippen LogP) is 5.02. The highest BCUT2D eigenvalue weighted by Gasteiger charge is 2.19. The van der Waals surface area contributed by atoms with Crippen molar-refractivity contribution in [3.63, 3.8) is 0 Å². The Balaban J connectivity index is 3.23. The van der Waals surface area contributed by atoms with Gasteiger partial charge in [-0.15, -0.1) is 0 Å². The predicted molar refractivity (Wildman–Crippen MR) is 93.3 cm³/mol. The lowest BCUT2D eigenvalue weighted by Gasteiger charge is -2.17. The first-order valence-corrected chi connectivity index (χ1v) is 8.82. The standard InChI is InChI=1S/C19H38O3/c1-18(2,3)12-14-22-16-15-21-13-10-8-7-9-11-17(20)19(4,5)6/h7-16H2,1-6H3. The number of hydrogen-bond donors (Lipinski definition) is 0. The number of hydrogen-bond acceptors (Lipinski definition) is 3. The van der Waals surface area contributed by atoms with Crippen molar-refractivity contribution >= 4 is 5.78 Å². The van der Waals surface area contributed by atoms with Crippen LogP contribution in [0, 0.1) is 10.8 Å². The second-order valence-corrected chi connectivity index (χ2v) is 8.37. The van der Waals surface area contributed by atoms with Gasteiger partial charge in [0, 0.05) is 25.0 Å². The molecule has 3 nitrogen and oxygen atoms in total. The van der Waals surface area contributed by atoms with E-state index in [2.05, 4.69) is 20.8 Å². The number of carbonyl (C=O) groups is 1. The Kier molecular flexibility index (Phi) is 11.0. The minimum atomic E-state index is -0.184. The van der Waals surface area contributed by atoms with Crippen LogP contribution >= 0.6 is 0 Å². The largest absolute Gasteiger partial charge is 0.379 e. The highest BCUT2D eigenvalue weighted by molar-refractivity contribution is 5.83. The molecule has 132 valence electrons. The van der Waals surface area contributed by atoms with E-state index in [0.29, 0.717) is 30.8 Å². The number of ketones is 1. The van der Waals surface area contributed by atoms with Crippen LogP contribution in [0.1, 0.15) is 80.1 Å². The van der Waals surface area contributed by atoms with E-state index in [1.807, 2.05) is 20.8 Å². The van der Waals surface area contributed by atoms with E-state index in [9.17, 15) is 4.79 Å². The molecule has 0 aliphatic heterocycles. The third kappa shape index (κ3) is 14.5. The maximum Gasteiger partial charge on any atom is 0.138 e. The first-order chi connectivity index (χ1) is 10.1. The summed E-state index contributed by atoms with van der Waals surface area (Å²) in [6.07, 6.45) is 6.14. The quantitative estimate of drug-likeness (QED) is 0.474. The highest BCUT2D eigenvalue weighted by Crippen LogP contribution is 2.19. The second-order valence-electron chi connectivity index (χ2n) is 8.37. The van der Waals surface area contributed by atoms with Crippen LogP contribution in [0.15, 0.2) is 0 Å². The molecule has 0 spiro atoms. The van der Waals surface area contributed by atoms with Crippen molar-refractivity contribution in [1.82, 2.24) is 0 Å². The summed E-state index contributed by atoms with van der Waals surface area (Å²) in [5.74, 6) is 0.371. The van der Waals surface area contributed by atoms with Crippen molar-refractivity contribution in [3.05, 3.63) is 0 Å². The Bertz CT molecular complexity index is 284. The zero-order chi connectivity index (χ0) is 17.1. The molecule has 0 saturated carbocycles. The van der Waals surface area contributed by atoms with Gasteiger partial charge < -0.3 is 9.47 Å². The lowest BCUT2D eigenvalue weighted by Crippen LogP contribution is -2.19. The van der Waals surface area contributed by atoms with Crippen molar-refractivity contribution in [3.8, 4) is 0 Å². The van der Waals surface area contributed by atoms with Crippen LogP contribution < -0.4 is 0 Å². The third-order valence-corrected chi connectivity index (χ3v) is 3.65. The van der Waals surface area contributed by atoms with E-state index in [4.69, 9.17) is 9.47 Å². The summed E-state index contributed by atoms with van der Waals surface area (Å²) in [6, 6.07) is 0. The van der Waals surface area contributed by atoms with Crippen LogP contribution in [0.4, 0.5) is 0 Å². The summed E-state index contributed by atoms with van der Waals surface area (Å²) in [5.41, 5.74) is 0.158. The summed E-state index contributed by atoms with van der Waals surface area (Å²) < 4.78 is 11.1. The van der Waals surface area contributed by atoms with Gasteiger partial charge in [-0.2, -0.15) is 0 Å². The van der Waals surface area contributed by atoms with Crippen molar-refractivity contribution in [1.29, 1.82) is 0 Å². The minimum Gasteiger partial charge on any atom is -0.379 e. The molecule has 22 heavy (non-hydrogen) atoms. The zero-order valence-electron chi connectivity index (χ0n) is 15.8. The molecule has 0 bridgehead atoms. The summed E-state index contributed by atoms with van der Waals surface area (Å²) in [7, 11) is 0.